The number of rotatable bonds is 5. The van der Waals surface area contributed by atoms with Gasteiger partial charge in [-0.2, -0.15) is 5.10 Å². The van der Waals surface area contributed by atoms with E-state index in [1.807, 2.05) is 51.2 Å². The number of aryl methyl sites for hydroxylation is 2. The van der Waals surface area contributed by atoms with Crippen LogP contribution in [0.25, 0.3) is 5.69 Å². The van der Waals surface area contributed by atoms with Crippen LogP contribution < -0.4 is 10.6 Å². The van der Waals surface area contributed by atoms with Crippen molar-refractivity contribution in [2.75, 3.05) is 0 Å². The van der Waals surface area contributed by atoms with Crippen molar-refractivity contribution in [2.24, 2.45) is 0 Å². The van der Waals surface area contributed by atoms with Crippen molar-refractivity contribution in [3.63, 3.8) is 0 Å². The number of H-pyrrole nitrogens is 1. The number of aromatic nitrogens is 4. The molecule has 0 bridgehead atoms. The van der Waals surface area contributed by atoms with Crippen molar-refractivity contribution < 1.29 is 4.79 Å². The van der Waals surface area contributed by atoms with E-state index in [1.165, 1.54) is 0 Å². The number of benzene rings is 1. The van der Waals surface area contributed by atoms with Gasteiger partial charge in [-0.15, -0.1) is 0 Å². The smallest absolute Gasteiger partial charge is 0.315 e. The molecular weight excluding hydrogens is 396 g/mol. The van der Waals surface area contributed by atoms with E-state index in [0.717, 1.165) is 32.9 Å². The molecule has 0 aliphatic rings. The molecule has 1 unspecified atom stereocenters. The molecule has 0 saturated carbocycles. The van der Waals surface area contributed by atoms with E-state index >= 15 is 0 Å². The van der Waals surface area contributed by atoms with E-state index in [-0.39, 0.29) is 12.1 Å². The fraction of sp³-hybridized carbons (Fsp3) is 0.278. The zero-order valence-corrected chi connectivity index (χ0v) is 16.5. The van der Waals surface area contributed by atoms with Crippen molar-refractivity contribution in [3.8, 4) is 5.69 Å². The summed E-state index contributed by atoms with van der Waals surface area (Å²) in [4.78, 5) is 19.7. The third kappa shape index (κ3) is 4.32. The summed E-state index contributed by atoms with van der Waals surface area (Å²) >= 11 is 3.41. The first kappa shape index (κ1) is 18.2. The highest BCUT2D eigenvalue weighted by atomic mass is 79.9. The molecule has 3 N–H and O–H groups in total. The van der Waals surface area contributed by atoms with Gasteiger partial charge < -0.3 is 15.6 Å². The lowest BCUT2D eigenvalue weighted by Crippen LogP contribution is -2.36. The fourth-order valence-electron chi connectivity index (χ4n) is 2.46. The Morgan fingerprint density at radius 1 is 1.31 bits per heavy atom. The Bertz CT molecular complexity index is 879. The number of halogens is 1. The number of imidazole rings is 1. The van der Waals surface area contributed by atoms with Crippen LogP contribution in [0, 0.1) is 13.8 Å². The predicted molar refractivity (Wildman–Crippen MR) is 103 cm³/mol. The van der Waals surface area contributed by atoms with Crippen molar-refractivity contribution >= 4 is 22.0 Å². The van der Waals surface area contributed by atoms with E-state index < -0.39 is 0 Å². The number of hydrogen-bond donors (Lipinski definition) is 3. The standard InChI is InChI=1S/C18H21BrN6O/c1-11-12(2)23-17(22-11)13(3)24-18(26)20-8-14-9-21-25(10-14)16-6-4-15(19)5-7-16/h4-7,9-10,13H,8H2,1-3H3,(H,22,23)(H2,20,24,26). The molecule has 8 heteroatoms. The largest absolute Gasteiger partial charge is 0.344 e. The number of nitrogens with zero attached hydrogens (tertiary/aromatic N) is 3. The maximum absolute atomic E-state index is 12.1. The number of carbonyl (C=O) groups excluding carboxylic acids is 1. The summed E-state index contributed by atoms with van der Waals surface area (Å²) in [7, 11) is 0. The summed E-state index contributed by atoms with van der Waals surface area (Å²) in [5, 5.41) is 10.0. The van der Waals surface area contributed by atoms with E-state index in [2.05, 4.69) is 41.6 Å². The molecule has 0 aliphatic heterocycles. The van der Waals surface area contributed by atoms with E-state index in [1.54, 1.807) is 10.9 Å². The molecule has 3 rings (SSSR count). The van der Waals surface area contributed by atoms with Gasteiger partial charge in [0, 0.05) is 28.5 Å². The summed E-state index contributed by atoms with van der Waals surface area (Å²) in [6.07, 6.45) is 3.64. The van der Waals surface area contributed by atoms with Gasteiger partial charge in [-0.25, -0.2) is 14.5 Å². The second-order valence-electron chi connectivity index (χ2n) is 6.15. The van der Waals surface area contributed by atoms with Crippen molar-refractivity contribution in [2.45, 2.75) is 33.4 Å². The second kappa shape index (κ2) is 7.74. The highest BCUT2D eigenvalue weighted by Crippen LogP contribution is 2.14. The van der Waals surface area contributed by atoms with Crippen LogP contribution in [0.3, 0.4) is 0 Å². The van der Waals surface area contributed by atoms with Gasteiger partial charge in [0.2, 0.25) is 0 Å². The van der Waals surface area contributed by atoms with Crippen LogP contribution >= 0.6 is 15.9 Å². The van der Waals surface area contributed by atoms with Crippen molar-refractivity contribution in [1.29, 1.82) is 0 Å². The first-order valence-electron chi connectivity index (χ1n) is 8.29. The minimum Gasteiger partial charge on any atom is -0.344 e. The van der Waals surface area contributed by atoms with Gasteiger partial charge in [-0.1, -0.05) is 15.9 Å². The highest BCUT2D eigenvalue weighted by Gasteiger charge is 2.13. The topological polar surface area (TPSA) is 87.6 Å². The maximum Gasteiger partial charge on any atom is 0.315 e. The molecule has 0 spiro atoms. The molecule has 0 saturated heterocycles. The number of aromatic amines is 1. The number of hydrogen-bond acceptors (Lipinski definition) is 3. The minimum absolute atomic E-state index is 0.201. The van der Waals surface area contributed by atoms with Gasteiger partial charge in [0.15, 0.2) is 0 Å². The molecule has 1 atom stereocenters. The van der Waals surface area contributed by atoms with Crippen molar-refractivity contribution in [1.82, 2.24) is 30.4 Å². The second-order valence-corrected chi connectivity index (χ2v) is 7.07. The first-order valence-corrected chi connectivity index (χ1v) is 9.08. The summed E-state index contributed by atoms with van der Waals surface area (Å²) in [6, 6.07) is 7.41. The number of nitrogens with one attached hydrogen (secondary N) is 3. The van der Waals surface area contributed by atoms with Crippen molar-refractivity contribution in [3.05, 3.63) is 63.9 Å². The van der Waals surface area contributed by atoms with Gasteiger partial charge in [0.05, 0.1) is 23.6 Å². The Morgan fingerprint density at radius 2 is 2.04 bits per heavy atom. The molecule has 136 valence electrons. The van der Waals surface area contributed by atoms with Gasteiger partial charge in [-0.3, -0.25) is 0 Å². The summed E-state index contributed by atoms with van der Waals surface area (Å²) in [5.41, 5.74) is 3.82. The van der Waals surface area contributed by atoms with Gasteiger partial charge in [-0.05, 0) is 45.0 Å². The molecule has 26 heavy (non-hydrogen) atoms. The van der Waals surface area contributed by atoms with E-state index in [0.29, 0.717) is 6.54 Å². The molecule has 2 amide bonds. The average Bonchev–Trinajstić information content (AvgIpc) is 3.21. The molecule has 0 fully saturated rings. The zero-order valence-electron chi connectivity index (χ0n) is 14.9. The third-order valence-corrected chi connectivity index (χ3v) is 4.61. The lowest BCUT2D eigenvalue weighted by Gasteiger charge is -2.12. The highest BCUT2D eigenvalue weighted by molar-refractivity contribution is 9.10. The Labute approximate surface area is 160 Å². The molecule has 0 aliphatic carbocycles. The summed E-state index contributed by atoms with van der Waals surface area (Å²) < 4.78 is 2.79. The van der Waals surface area contributed by atoms with Crippen LogP contribution in [0.2, 0.25) is 0 Å². The lowest BCUT2D eigenvalue weighted by molar-refractivity contribution is 0.237. The molecule has 3 aromatic rings. The Balaban J connectivity index is 1.54. The molecule has 2 aromatic heterocycles. The van der Waals surface area contributed by atoms with Gasteiger partial charge in [0.1, 0.15) is 5.82 Å². The Morgan fingerprint density at radius 3 is 2.69 bits per heavy atom. The number of amides is 2. The zero-order chi connectivity index (χ0) is 18.7. The van der Waals surface area contributed by atoms with Gasteiger partial charge >= 0.3 is 6.03 Å². The molecule has 2 heterocycles. The number of urea groups is 1. The monoisotopic (exact) mass is 416 g/mol. The van der Waals surface area contributed by atoms with E-state index in [9.17, 15) is 4.79 Å². The normalized spacial score (nSPS) is 12.0. The molecule has 1 aromatic carbocycles. The number of carbonyl (C=O) groups is 1. The van der Waals surface area contributed by atoms with Crippen LogP contribution in [0.5, 0.6) is 0 Å². The Kier molecular flexibility index (Phi) is 5.41. The third-order valence-electron chi connectivity index (χ3n) is 4.08. The van der Waals surface area contributed by atoms with Gasteiger partial charge in [0.25, 0.3) is 0 Å². The molecule has 7 nitrogen and oxygen atoms in total. The minimum atomic E-state index is -0.249. The van der Waals surface area contributed by atoms with Crippen LogP contribution in [0.1, 0.15) is 35.7 Å². The van der Waals surface area contributed by atoms with Crippen LogP contribution in [-0.2, 0) is 6.54 Å². The SMILES string of the molecule is Cc1nc(C(C)NC(=O)NCc2cnn(-c3ccc(Br)cc3)c2)[nH]c1C. The summed E-state index contributed by atoms with van der Waals surface area (Å²) in [5.74, 6) is 0.748. The Hall–Kier alpha value is -2.61. The first-order chi connectivity index (χ1) is 12.4. The molecule has 0 radical (unpaired) electrons. The summed E-state index contributed by atoms with van der Waals surface area (Å²) in [6.45, 7) is 6.18. The van der Waals surface area contributed by atoms with Crippen LogP contribution in [-0.4, -0.2) is 25.8 Å². The van der Waals surface area contributed by atoms with Crippen LogP contribution in [0.15, 0.2) is 41.1 Å². The lowest BCUT2D eigenvalue weighted by atomic mass is 10.3. The average molecular weight is 417 g/mol. The molecular formula is C18H21BrN6O. The van der Waals surface area contributed by atoms with Crippen LogP contribution in [0.4, 0.5) is 4.79 Å². The fourth-order valence-corrected chi connectivity index (χ4v) is 2.73. The van der Waals surface area contributed by atoms with E-state index in [4.69, 9.17) is 0 Å². The predicted octanol–water partition coefficient (Wildman–Crippen LogP) is 3.54. The quantitative estimate of drug-likeness (QED) is 0.594. The maximum atomic E-state index is 12.1.